The van der Waals surface area contributed by atoms with Crippen LogP contribution in [0.2, 0.25) is 5.02 Å². The number of rotatable bonds is 3. The SMILES string of the molecule is CC(C)CC(N)c1cccc(Cl)c1.Cl. The van der Waals surface area contributed by atoms with E-state index in [2.05, 4.69) is 13.8 Å². The minimum Gasteiger partial charge on any atom is -0.324 e. The molecule has 0 fully saturated rings. The van der Waals surface area contributed by atoms with Crippen molar-refractivity contribution in [1.82, 2.24) is 0 Å². The maximum Gasteiger partial charge on any atom is 0.0409 e. The van der Waals surface area contributed by atoms with Gasteiger partial charge in [0.1, 0.15) is 0 Å². The minimum absolute atomic E-state index is 0. The van der Waals surface area contributed by atoms with Crippen molar-refractivity contribution in [1.29, 1.82) is 0 Å². The second kappa shape index (κ2) is 6.28. The van der Waals surface area contributed by atoms with Gasteiger partial charge in [0.2, 0.25) is 0 Å². The maximum absolute atomic E-state index is 6.01. The van der Waals surface area contributed by atoms with Crippen LogP contribution in [0, 0.1) is 5.92 Å². The molecule has 1 aromatic carbocycles. The van der Waals surface area contributed by atoms with E-state index in [0.29, 0.717) is 5.92 Å². The maximum atomic E-state index is 6.01. The van der Waals surface area contributed by atoms with Crippen LogP contribution >= 0.6 is 24.0 Å². The molecule has 0 aliphatic heterocycles. The van der Waals surface area contributed by atoms with Gasteiger partial charge in [-0.25, -0.2) is 0 Å². The van der Waals surface area contributed by atoms with Crippen LogP contribution in [-0.2, 0) is 0 Å². The summed E-state index contributed by atoms with van der Waals surface area (Å²) in [5.74, 6) is 0.619. The Morgan fingerprint density at radius 3 is 2.50 bits per heavy atom. The summed E-state index contributed by atoms with van der Waals surface area (Å²) in [6.45, 7) is 4.34. The zero-order valence-electron chi connectivity index (χ0n) is 8.53. The molecule has 1 atom stereocenters. The quantitative estimate of drug-likeness (QED) is 0.845. The number of halogens is 2. The first-order chi connectivity index (χ1) is 6.09. The van der Waals surface area contributed by atoms with Crippen molar-refractivity contribution in [2.45, 2.75) is 26.3 Å². The fraction of sp³-hybridized carbons (Fsp3) is 0.455. The fourth-order valence-electron chi connectivity index (χ4n) is 1.38. The van der Waals surface area contributed by atoms with Crippen LogP contribution in [0.3, 0.4) is 0 Å². The molecular formula is C11H17Cl2N. The number of hydrogen-bond acceptors (Lipinski definition) is 1. The highest BCUT2D eigenvalue weighted by atomic mass is 35.5. The summed E-state index contributed by atoms with van der Waals surface area (Å²) < 4.78 is 0. The van der Waals surface area contributed by atoms with Crippen LogP contribution in [0.15, 0.2) is 24.3 Å². The molecule has 0 spiro atoms. The highest BCUT2D eigenvalue weighted by molar-refractivity contribution is 6.30. The average Bonchev–Trinajstić information content (AvgIpc) is 2.03. The Bertz CT molecular complexity index is 274. The molecule has 2 N–H and O–H groups in total. The fourth-order valence-corrected chi connectivity index (χ4v) is 1.58. The molecule has 0 saturated heterocycles. The number of benzene rings is 1. The summed E-state index contributed by atoms with van der Waals surface area (Å²) in [4.78, 5) is 0. The highest BCUT2D eigenvalue weighted by Gasteiger charge is 2.07. The Kier molecular flexibility index (Phi) is 6.17. The third-order valence-electron chi connectivity index (χ3n) is 2.00. The van der Waals surface area contributed by atoms with Crippen LogP contribution in [0.25, 0.3) is 0 Å². The lowest BCUT2D eigenvalue weighted by molar-refractivity contribution is 0.510. The van der Waals surface area contributed by atoms with E-state index in [4.69, 9.17) is 17.3 Å². The zero-order chi connectivity index (χ0) is 9.84. The zero-order valence-corrected chi connectivity index (χ0v) is 10.1. The van der Waals surface area contributed by atoms with E-state index in [-0.39, 0.29) is 18.4 Å². The van der Waals surface area contributed by atoms with Gasteiger partial charge in [0.15, 0.2) is 0 Å². The molecule has 1 nitrogen and oxygen atoms in total. The van der Waals surface area contributed by atoms with Crippen LogP contribution < -0.4 is 5.73 Å². The van der Waals surface area contributed by atoms with Crippen molar-refractivity contribution >= 4 is 24.0 Å². The van der Waals surface area contributed by atoms with E-state index in [1.807, 2.05) is 24.3 Å². The lowest BCUT2D eigenvalue weighted by atomic mass is 9.98. The smallest absolute Gasteiger partial charge is 0.0409 e. The molecule has 80 valence electrons. The predicted molar refractivity (Wildman–Crippen MR) is 65.1 cm³/mol. The molecule has 0 heterocycles. The lowest BCUT2D eigenvalue weighted by Crippen LogP contribution is -2.12. The van der Waals surface area contributed by atoms with E-state index in [0.717, 1.165) is 17.0 Å². The molecule has 1 aromatic rings. The first-order valence-corrected chi connectivity index (χ1v) is 4.98. The van der Waals surface area contributed by atoms with Crippen molar-refractivity contribution in [2.24, 2.45) is 11.7 Å². The summed E-state index contributed by atoms with van der Waals surface area (Å²) in [6, 6.07) is 7.89. The standard InChI is InChI=1S/C11H16ClN.ClH/c1-8(2)6-11(13)9-4-3-5-10(12)7-9;/h3-5,7-8,11H,6,13H2,1-2H3;1H. The third kappa shape index (κ3) is 4.32. The van der Waals surface area contributed by atoms with E-state index < -0.39 is 0 Å². The topological polar surface area (TPSA) is 26.0 Å². The van der Waals surface area contributed by atoms with Gasteiger partial charge in [0.25, 0.3) is 0 Å². The predicted octanol–water partition coefficient (Wildman–Crippen LogP) is 3.81. The Balaban J connectivity index is 0.00000169. The van der Waals surface area contributed by atoms with Crippen LogP contribution in [0.1, 0.15) is 31.9 Å². The molecule has 0 aliphatic carbocycles. The first-order valence-electron chi connectivity index (χ1n) is 4.60. The summed E-state index contributed by atoms with van der Waals surface area (Å²) >= 11 is 5.87. The molecule has 0 aromatic heterocycles. The van der Waals surface area contributed by atoms with Gasteiger partial charge < -0.3 is 5.73 Å². The Morgan fingerprint density at radius 1 is 1.36 bits per heavy atom. The van der Waals surface area contributed by atoms with Crippen LogP contribution in [-0.4, -0.2) is 0 Å². The van der Waals surface area contributed by atoms with Crippen LogP contribution in [0.5, 0.6) is 0 Å². The van der Waals surface area contributed by atoms with Gasteiger partial charge in [0, 0.05) is 11.1 Å². The van der Waals surface area contributed by atoms with Crippen LogP contribution in [0.4, 0.5) is 0 Å². The molecule has 14 heavy (non-hydrogen) atoms. The van der Waals surface area contributed by atoms with Gasteiger partial charge in [0.05, 0.1) is 0 Å². The van der Waals surface area contributed by atoms with Gasteiger partial charge in [-0.1, -0.05) is 37.6 Å². The van der Waals surface area contributed by atoms with E-state index in [1.165, 1.54) is 0 Å². The summed E-state index contributed by atoms with van der Waals surface area (Å²) in [6.07, 6.45) is 1.00. The highest BCUT2D eigenvalue weighted by Crippen LogP contribution is 2.21. The minimum atomic E-state index is 0. The first kappa shape index (κ1) is 13.8. The average molecular weight is 234 g/mol. The molecule has 0 aliphatic rings. The monoisotopic (exact) mass is 233 g/mol. The Hall–Kier alpha value is -0.240. The molecule has 0 saturated carbocycles. The van der Waals surface area contributed by atoms with E-state index in [9.17, 15) is 0 Å². The number of nitrogens with two attached hydrogens (primary N) is 1. The van der Waals surface area contributed by atoms with Gasteiger partial charge in [-0.05, 0) is 30.0 Å². The van der Waals surface area contributed by atoms with Crippen molar-refractivity contribution in [3.8, 4) is 0 Å². The second-order valence-corrected chi connectivity index (χ2v) is 4.23. The normalized spacial score (nSPS) is 12.4. The second-order valence-electron chi connectivity index (χ2n) is 3.79. The summed E-state index contributed by atoms with van der Waals surface area (Å²) in [5, 5.41) is 0.761. The lowest BCUT2D eigenvalue weighted by Gasteiger charge is -2.14. The molecule has 0 bridgehead atoms. The summed E-state index contributed by atoms with van der Waals surface area (Å²) in [7, 11) is 0. The van der Waals surface area contributed by atoms with Gasteiger partial charge in [-0.15, -0.1) is 12.4 Å². The molecule has 1 unspecified atom stereocenters. The number of hydrogen-bond donors (Lipinski definition) is 1. The molecule has 1 rings (SSSR count). The van der Waals surface area contributed by atoms with Crippen molar-refractivity contribution in [2.75, 3.05) is 0 Å². The van der Waals surface area contributed by atoms with Gasteiger partial charge in [-0.2, -0.15) is 0 Å². The van der Waals surface area contributed by atoms with E-state index in [1.54, 1.807) is 0 Å². The molecule has 0 radical (unpaired) electrons. The molecule has 0 amide bonds. The van der Waals surface area contributed by atoms with Crippen molar-refractivity contribution in [3.05, 3.63) is 34.9 Å². The molecule has 3 heteroatoms. The molecular weight excluding hydrogens is 217 g/mol. The Morgan fingerprint density at radius 2 is 2.00 bits per heavy atom. The van der Waals surface area contributed by atoms with Crippen molar-refractivity contribution in [3.63, 3.8) is 0 Å². The third-order valence-corrected chi connectivity index (χ3v) is 2.24. The van der Waals surface area contributed by atoms with Crippen molar-refractivity contribution < 1.29 is 0 Å². The summed E-state index contributed by atoms with van der Waals surface area (Å²) in [5.41, 5.74) is 7.13. The van der Waals surface area contributed by atoms with E-state index >= 15 is 0 Å². The largest absolute Gasteiger partial charge is 0.324 e. The Labute approximate surface area is 97.1 Å². The van der Waals surface area contributed by atoms with Gasteiger partial charge >= 0.3 is 0 Å². The van der Waals surface area contributed by atoms with Gasteiger partial charge in [-0.3, -0.25) is 0 Å².